The van der Waals surface area contributed by atoms with Crippen molar-refractivity contribution < 1.29 is 9.53 Å². The molecular formula is C16H31N3O2. The van der Waals surface area contributed by atoms with Gasteiger partial charge in [-0.2, -0.15) is 0 Å². The first-order valence-electron chi connectivity index (χ1n) is 8.32. The largest absolute Gasteiger partial charge is 0.383 e. The lowest BCUT2D eigenvalue weighted by molar-refractivity contribution is -0.126. The first kappa shape index (κ1) is 16.7. The predicted octanol–water partition coefficient (Wildman–Crippen LogP) is 1.08. The van der Waals surface area contributed by atoms with Crippen molar-refractivity contribution in [2.45, 2.75) is 64.2 Å². The number of carbonyl (C=O) groups excluding carboxylic acids is 1. The minimum atomic E-state index is -0.0461. The summed E-state index contributed by atoms with van der Waals surface area (Å²) in [6, 6.07) is 1.89. The minimum Gasteiger partial charge on any atom is -0.383 e. The monoisotopic (exact) mass is 297 g/mol. The van der Waals surface area contributed by atoms with Gasteiger partial charge in [0.1, 0.15) is 0 Å². The number of nitrogens with one attached hydrogen (secondary N) is 1. The highest BCUT2D eigenvalue weighted by molar-refractivity contribution is 5.81. The van der Waals surface area contributed by atoms with E-state index in [0.717, 1.165) is 13.1 Å². The molecule has 0 radical (unpaired) electrons. The van der Waals surface area contributed by atoms with Crippen LogP contribution in [0.1, 0.15) is 40.0 Å². The predicted molar refractivity (Wildman–Crippen MR) is 84.3 cm³/mol. The molecule has 122 valence electrons. The average molecular weight is 297 g/mol. The molecule has 5 nitrogen and oxygen atoms in total. The van der Waals surface area contributed by atoms with Gasteiger partial charge < -0.3 is 10.1 Å². The zero-order valence-corrected chi connectivity index (χ0v) is 14.0. The number of amides is 1. The number of fused-ring (bicyclic) bond motifs is 2. The lowest BCUT2D eigenvalue weighted by atomic mass is 10.1. The van der Waals surface area contributed by atoms with E-state index in [1.165, 1.54) is 19.3 Å². The molecular weight excluding hydrogens is 266 g/mol. The molecule has 2 bridgehead atoms. The maximum atomic E-state index is 12.2. The third-order valence-corrected chi connectivity index (χ3v) is 5.00. The minimum absolute atomic E-state index is 0.0461. The number of carbonyl (C=O) groups is 1. The van der Waals surface area contributed by atoms with E-state index in [1.54, 1.807) is 7.11 Å². The van der Waals surface area contributed by atoms with Crippen LogP contribution in [0.15, 0.2) is 0 Å². The van der Waals surface area contributed by atoms with Crippen LogP contribution in [-0.4, -0.2) is 73.2 Å². The van der Waals surface area contributed by atoms with Gasteiger partial charge in [-0.05, 0) is 40.0 Å². The molecule has 1 amide bonds. The Kier molecular flexibility index (Phi) is 6.02. The van der Waals surface area contributed by atoms with Gasteiger partial charge in [-0.15, -0.1) is 0 Å². The van der Waals surface area contributed by atoms with Crippen molar-refractivity contribution in [3.05, 3.63) is 0 Å². The maximum absolute atomic E-state index is 12.2. The highest BCUT2D eigenvalue weighted by Gasteiger charge is 2.39. The standard InChI is InChI=1S/C16H31N3O2/c1-12(2)19-14-5-6-15(19)11-18(9-7-14)13(3)16(20)17-8-10-21-4/h12-15H,5-11H2,1-4H3,(H,17,20). The molecule has 3 unspecified atom stereocenters. The summed E-state index contributed by atoms with van der Waals surface area (Å²) in [5.74, 6) is 0.126. The molecule has 0 aliphatic carbocycles. The summed E-state index contributed by atoms with van der Waals surface area (Å²) in [6.45, 7) is 9.84. The molecule has 0 aromatic heterocycles. The van der Waals surface area contributed by atoms with Gasteiger partial charge in [0.15, 0.2) is 0 Å². The number of likely N-dealkylation sites (tertiary alicyclic amines) is 1. The molecule has 0 spiro atoms. The van der Waals surface area contributed by atoms with E-state index in [1.807, 2.05) is 6.92 Å². The van der Waals surface area contributed by atoms with Gasteiger partial charge >= 0.3 is 0 Å². The summed E-state index contributed by atoms with van der Waals surface area (Å²) in [6.07, 6.45) is 3.78. The number of hydrogen-bond donors (Lipinski definition) is 1. The van der Waals surface area contributed by atoms with Gasteiger partial charge in [-0.25, -0.2) is 0 Å². The molecule has 2 saturated heterocycles. The first-order valence-corrected chi connectivity index (χ1v) is 8.32. The lowest BCUT2D eigenvalue weighted by Gasteiger charge is -2.33. The number of nitrogens with zero attached hydrogens (tertiary/aromatic N) is 2. The fraction of sp³-hybridized carbons (Fsp3) is 0.938. The van der Waals surface area contributed by atoms with Crippen LogP contribution >= 0.6 is 0 Å². The van der Waals surface area contributed by atoms with Gasteiger partial charge in [0.2, 0.25) is 5.91 Å². The fourth-order valence-electron chi connectivity index (χ4n) is 3.92. The van der Waals surface area contributed by atoms with Crippen LogP contribution in [0.3, 0.4) is 0 Å². The smallest absolute Gasteiger partial charge is 0.237 e. The summed E-state index contributed by atoms with van der Waals surface area (Å²) in [5.41, 5.74) is 0. The van der Waals surface area contributed by atoms with Gasteiger partial charge in [0.25, 0.3) is 0 Å². The van der Waals surface area contributed by atoms with Crippen molar-refractivity contribution in [1.82, 2.24) is 15.1 Å². The molecule has 0 saturated carbocycles. The molecule has 2 aliphatic rings. The van der Waals surface area contributed by atoms with Gasteiger partial charge in [-0.3, -0.25) is 14.6 Å². The van der Waals surface area contributed by atoms with Gasteiger partial charge in [0, 0.05) is 44.9 Å². The van der Waals surface area contributed by atoms with E-state index in [2.05, 4.69) is 29.0 Å². The van der Waals surface area contributed by atoms with Crippen LogP contribution in [0.25, 0.3) is 0 Å². The Bertz CT molecular complexity index is 348. The topological polar surface area (TPSA) is 44.8 Å². The fourth-order valence-corrected chi connectivity index (χ4v) is 3.92. The van der Waals surface area contributed by atoms with Gasteiger partial charge in [-0.1, -0.05) is 0 Å². The van der Waals surface area contributed by atoms with Crippen LogP contribution < -0.4 is 5.32 Å². The molecule has 2 aliphatic heterocycles. The molecule has 0 aromatic carbocycles. The second-order valence-corrected chi connectivity index (χ2v) is 6.67. The third-order valence-electron chi connectivity index (χ3n) is 5.00. The highest BCUT2D eigenvalue weighted by Crippen LogP contribution is 2.32. The quantitative estimate of drug-likeness (QED) is 0.745. The molecule has 1 N–H and O–H groups in total. The number of ether oxygens (including phenoxy) is 1. The zero-order chi connectivity index (χ0) is 15.4. The summed E-state index contributed by atoms with van der Waals surface area (Å²) >= 11 is 0. The Morgan fingerprint density at radius 2 is 1.95 bits per heavy atom. The third kappa shape index (κ3) is 3.96. The molecule has 5 heteroatoms. The molecule has 0 aromatic rings. The van der Waals surface area contributed by atoms with E-state index in [9.17, 15) is 4.79 Å². The zero-order valence-electron chi connectivity index (χ0n) is 14.0. The average Bonchev–Trinajstić information content (AvgIpc) is 2.73. The van der Waals surface area contributed by atoms with Crippen molar-refractivity contribution >= 4 is 5.91 Å². The number of hydrogen-bond acceptors (Lipinski definition) is 4. The highest BCUT2D eigenvalue weighted by atomic mass is 16.5. The van der Waals surface area contributed by atoms with E-state index in [4.69, 9.17) is 4.74 Å². The van der Waals surface area contributed by atoms with Crippen LogP contribution in [0, 0.1) is 0 Å². The maximum Gasteiger partial charge on any atom is 0.237 e. The second-order valence-electron chi connectivity index (χ2n) is 6.67. The second kappa shape index (κ2) is 7.56. The van der Waals surface area contributed by atoms with Crippen molar-refractivity contribution in [3.8, 4) is 0 Å². The van der Waals surface area contributed by atoms with Crippen molar-refractivity contribution in [1.29, 1.82) is 0 Å². The Labute approximate surface area is 129 Å². The van der Waals surface area contributed by atoms with E-state index >= 15 is 0 Å². The molecule has 2 heterocycles. The number of methoxy groups -OCH3 is 1. The SMILES string of the molecule is COCCNC(=O)C(C)N1CCC2CCC(C1)N2C(C)C. The van der Waals surface area contributed by atoms with Crippen LogP contribution in [0.2, 0.25) is 0 Å². The first-order chi connectivity index (χ1) is 10.0. The Balaban J connectivity index is 1.91. The van der Waals surface area contributed by atoms with Crippen molar-refractivity contribution in [3.63, 3.8) is 0 Å². The van der Waals surface area contributed by atoms with E-state index < -0.39 is 0 Å². The van der Waals surface area contributed by atoms with Crippen LogP contribution in [-0.2, 0) is 9.53 Å². The summed E-state index contributed by atoms with van der Waals surface area (Å²) in [7, 11) is 1.65. The van der Waals surface area contributed by atoms with Crippen molar-refractivity contribution in [2.24, 2.45) is 0 Å². The Morgan fingerprint density at radius 3 is 2.62 bits per heavy atom. The summed E-state index contributed by atoms with van der Waals surface area (Å²) < 4.78 is 4.98. The van der Waals surface area contributed by atoms with E-state index in [0.29, 0.717) is 31.3 Å². The molecule has 2 rings (SSSR count). The normalized spacial score (nSPS) is 28.6. The summed E-state index contributed by atoms with van der Waals surface area (Å²) in [4.78, 5) is 17.3. The number of rotatable bonds is 6. The Morgan fingerprint density at radius 1 is 1.24 bits per heavy atom. The van der Waals surface area contributed by atoms with Crippen molar-refractivity contribution in [2.75, 3.05) is 33.4 Å². The lowest BCUT2D eigenvalue weighted by Crippen LogP contribution is -2.49. The Hall–Kier alpha value is -0.650. The summed E-state index contributed by atoms with van der Waals surface area (Å²) in [5, 5.41) is 2.96. The molecule has 2 fully saturated rings. The van der Waals surface area contributed by atoms with Gasteiger partial charge in [0.05, 0.1) is 12.6 Å². The molecule has 3 atom stereocenters. The van der Waals surface area contributed by atoms with E-state index in [-0.39, 0.29) is 11.9 Å². The van der Waals surface area contributed by atoms with Crippen LogP contribution in [0.4, 0.5) is 0 Å². The molecule has 21 heavy (non-hydrogen) atoms. The van der Waals surface area contributed by atoms with Crippen LogP contribution in [0.5, 0.6) is 0 Å².